The molecule has 4 rings (SSSR count). The van der Waals surface area contributed by atoms with Crippen LogP contribution >= 0.6 is 0 Å². The molecule has 2 aliphatic rings. The Labute approximate surface area is 166 Å². The topological polar surface area (TPSA) is 49.4 Å². The highest BCUT2D eigenvalue weighted by Crippen LogP contribution is 2.30. The molecule has 28 heavy (non-hydrogen) atoms. The van der Waals surface area contributed by atoms with Crippen molar-refractivity contribution in [2.75, 3.05) is 6.54 Å². The third-order valence-electron chi connectivity index (χ3n) is 6.17. The van der Waals surface area contributed by atoms with Crippen LogP contribution in [0.3, 0.4) is 0 Å². The molecule has 1 aliphatic carbocycles. The lowest BCUT2D eigenvalue weighted by atomic mass is 10.0. The van der Waals surface area contributed by atoms with Crippen molar-refractivity contribution in [1.29, 1.82) is 0 Å². The van der Waals surface area contributed by atoms with Crippen molar-refractivity contribution < 1.29 is 9.59 Å². The third-order valence-corrected chi connectivity index (χ3v) is 6.17. The summed E-state index contributed by atoms with van der Waals surface area (Å²) < 4.78 is 0. The normalized spacial score (nSPS) is 21.1. The Morgan fingerprint density at radius 3 is 2.32 bits per heavy atom. The van der Waals surface area contributed by atoms with E-state index < -0.39 is 0 Å². The summed E-state index contributed by atoms with van der Waals surface area (Å²) in [5.74, 6) is -0.0838. The van der Waals surface area contributed by atoms with Gasteiger partial charge < -0.3 is 10.2 Å². The first-order valence-electron chi connectivity index (χ1n) is 10.4. The van der Waals surface area contributed by atoms with E-state index in [1.165, 1.54) is 18.4 Å². The molecule has 0 radical (unpaired) electrons. The van der Waals surface area contributed by atoms with Gasteiger partial charge in [0.15, 0.2) is 0 Å². The van der Waals surface area contributed by atoms with Gasteiger partial charge in [0.2, 0.25) is 11.8 Å². The first-order valence-corrected chi connectivity index (χ1v) is 10.4. The standard InChI is InChI=1S/C24H28N2O2/c1-17(18-11-13-20(14-12-18)19-7-3-2-4-8-19)25-24(28)21-15-23(27)26(16-21)22-9-5-6-10-22/h2-4,7-8,11-14,17,21-22H,5-6,9-10,15-16H2,1H3,(H,25,28)/t17-,21+/m0/s1. The predicted octanol–water partition coefficient (Wildman–Crippen LogP) is 4.32. The predicted molar refractivity (Wildman–Crippen MR) is 111 cm³/mol. The van der Waals surface area contributed by atoms with E-state index in [1.807, 2.05) is 30.0 Å². The molecule has 2 aromatic rings. The van der Waals surface area contributed by atoms with E-state index in [9.17, 15) is 9.59 Å². The highest BCUT2D eigenvalue weighted by molar-refractivity contribution is 5.89. The molecular weight excluding hydrogens is 348 g/mol. The lowest BCUT2D eigenvalue weighted by molar-refractivity contribution is -0.130. The van der Waals surface area contributed by atoms with Gasteiger partial charge in [-0.25, -0.2) is 0 Å². The molecule has 4 heteroatoms. The van der Waals surface area contributed by atoms with Crippen molar-refractivity contribution in [2.24, 2.45) is 5.92 Å². The number of rotatable bonds is 5. The molecule has 1 aliphatic heterocycles. The van der Waals surface area contributed by atoms with Gasteiger partial charge in [0.25, 0.3) is 0 Å². The van der Waals surface area contributed by atoms with Crippen molar-refractivity contribution in [3.8, 4) is 11.1 Å². The number of carbonyl (C=O) groups excluding carboxylic acids is 2. The fraction of sp³-hybridized carbons (Fsp3) is 0.417. The minimum atomic E-state index is -0.223. The van der Waals surface area contributed by atoms with Gasteiger partial charge in [-0.15, -0.1) is 0 Å². The van der Waals surface area contributed by atoms with Gasteiger partial charge in [-0.05, 0) is 36.5 Å². The molecule has 1 N–H and O–H groups in total. The molecule has 0 bridgehead atoms. The lowest BCUT2D eigenvalue weighted by Crippen LogP contribution is -2.37. The molecule has 2 aromatic carbocycles. The van der Waals surface area contributed by atoms with Crippen molar-refractivity contribution in [3.63, 3.8) is 0 Å². The van der Waals surface area contributed by atoms with Crippen molar-refractivity contribution >= 4 is 11.8 Å². The number of amides is 2. The SMILES string of the molecule is C[C@H](NC(=O)[C@@H]1CC(=O)N(C2CCCC2)C1)c1ccc(-c2ccccc2)cc1. The van der Waals surface area contributed by atoms with Gasteiger partial charge in [0, 0.05) is 19.0 Å². The van der Waals surface area contributed by atoms with E-state index in [0.717, 1.165) is 24.0 Å². The molecule has 1 saturated heterocycles. The fourth-order valence-corrected chi connectivity index (χ4v) is 4.49. The Balaban J connectivity index is 1.36. The van der Waals surface area contributed by atoms with Gasteiger partial charge in [0.05, 0.1) is 12.0 Å². The summed E-state index contributed by atoms with van der Waals surface area (Å²) in [6, 6.07) is 18.9. The van der Waals surface area contributed by atoms with Crippen LogP contribution in [0.2, 0.25) is 0 Å². The van der Waals surface area contributed by atoms with Crippen LogP contribution in [0.15, 0.2) is 54.6 Å². The van der Waals surface area contributed by atoms with Crippen LogP contribution < -0.4 is 5.32 Å². The summed E-state index contributed by atoms with van der Waals surface area (Å²) in [5.41, 5.74) is 3.42. The molecule has 1 heterocycles. The van der Waals surface area contributed by atoms with Gasteiger partial charge in [-0.3, -0.25) is 9.59 Å². The average Bonchev–Trinajstić information content (AvgIpc) is 3.38. The summed E-state index contributed by atoms with van der Waals surface area (Å²) in [5, 5.41) is 3.11. The largest absolute Gasteiger partial charge is 0.349 e. The van der Waals surface area contributed by atoms with Crippen LogP contribution in [0, 0.1) is 5.92 Å². The van der Waals surface area contributed by atoms with Crippen molar-refractivity contribution in [3.05, 3.63) is 60.2 Å². The second-order valence-corrected chi connectivity index (χ2v) is 8.10. The van der Waals surface area contributed by atoms with Gasteiger partial charge in [-0.2, -0.15) is 0 Å². The molecule has 1 saturated carbocycles. The summed E-state index contributed by atoms with van der Waals surface area (Å²) in [7, 11) is 0. The first kappa shape index (κ1) is 18.7. The Hall–Kier alpha value is -2.62. The highest BCUT2D eigenvalue weighted by atomic mass is 16.2. The number of carbonyl (C=O) groups is 2. The van der Waals surface area contributed by atoms with E-state index in [2.05, 4.69) is 41.7 Å². The Bertz CT molecular complexity index is 825. The molecule has 0 spiro atoms. The number of nitrogens with zero attached hydrogens (tertiary/aromatic N) is 1. The minimum Gasteiger partial charge on any atom is -0.349 e. The summed E-state index contributed by atoms with van der Waals surface area (Å²) in [6.07, 6.45) is 4.92. The average molecular weight is 376 g/mol. The summed E-state index contributed by atoms with van der Waals surface area (Å²) in [4.78, 5) is 27.0. The zero-order valence-corrected chi connectivity index (χ0v) is 16.4. The first-order chi connectivity index (χ1) is 13.6. The Kier molecular flexibility index (Phi) is 5.47. The molecule has 2 amide bonds. The Morgan fingerprint density at radius 1 is 1.00 bits per heavy atom. The molecule has 4 nitrogen and oxygen atoms in total. The van der Waals surface area contributed by atoms with E-state index in [1.54, 1.807) is 0 Å². The van der Waals surface area contributed by atoms with Crippen LogP contribution in [0.1, 0.15) is 50.6 Å². The molecule has 0 unspecified atom stereocenters. The van der Waals surface area contributed by atoms with Crippen LogP contribution in [-0.4, -0.2) is 29.3 Å². The molecule has 146 valence electrons. The summed E-state index contributed by atoms with van der Waals surface area (Å²) in [6.45, 7) is 2.58. The monoisotopic (exact) mass is 376 g/mol. The van der Waals surface area contributed by atoms with Crippen LogP contribution in [0.4, 0.5) is 0 Å². The van der Waals surface area contributed by atoms with Gasteiger partial charge >= 0.3 is 0 Å². The van der Waals surface area contributed by atoms with Gasteiger partial charge in [-0.1, -0.05) is 67.4 Å². The molecule has 0 aromatic heterocycles. The quantitative estimate of drug-likeness (QED) is 0.845. The number of nitrogens with one attached hydrogen (secondary N) is 1. The zero-order valence-electron chi connectivity index (χ0n) is 16.4. The summed E-state index contributed by atoms with van der Waals surface area (Å²) >= 11 is 0. The molecular formula is C24H28N2O2. The Morgan fingerprint density at radius 2 is 1.64 bits per heavy atom. The van der Waals surface area contributed by atoms with E-state index in [-0.39, 0.29) is 23.8 Å². The number of hydrogen-bond donors (Lipinski definition) is 1. The number of benzene rings is 2. The third kappa shape index (κ3) is 3.96. The maximum atomic E-state index is 12.7. The number of hydrogen-bond acceptors (Lipinski definition) is 2. The number of likely N-dealkylation sites (tertiary alicyclic amines) is 1. The molecule has 2 fully saturated rings. The maximum absolute atomic E-state index is 12.7. The van der Waals surface area contributed by atoms with Crippen LogP contribution in [-0.2, 0) is 9.59 Å². The van der Waals surface area contributed by atoms with Crippen LogP contribution in [0.5, 0.6) is 0 Å². The maximum Gasteiger partial charge on any atom is 0.225 e. The fourth-order valence-electron chi connectivity index (χ4n) is 4.49. The smallest absolute Gasteiger partial charge is 0.225 e. The van der Waals surface area contributed by atoms with E-state index in [0.29, 0.717) is 19.0 Å². The zero-order chi connectivity index (χ0) is 19.5. The van der Waals surface area contributed by atoms with Crippen molar-refractivity contribution in [2.45, 2.75) is 51.1 Å². The van der Waals surface area contributed by atoms with Gasteiger partial charge in [0.1, 0.15) is 0 Å². The highest BCUT2D eigenvalue weighted by Gasteiger charge is 2.38. The lowest BCUT2D eigenvalue weighted by Gasteiger charge is -2.24. The van der Waals surface area contributed by atoms with E-state index >= 15 is 0 Å². The minimum absolute atomic E-state index is 0.00603. The molecule has 2 atom stereocenters. The van der Waals surface area contributed by atoms with Crippen molar-refractivity contribution in [1.82, 2.24) is 10.2 Å². The second-order valence-electron chi connectivity index (χ2n) is 8.10. The second kappa shape index (κ2) is 8.17. The van der Waals surface area contributed by atoms with Crippen LogP contribution in [0.25, 0.3) is 11.1 Å². The van der Waals surface area contributed by atoms with E-state index in [4.69, 9.17) is 0 Å².